The largest absolute Gasteiger partial charge is 0.450 e. The molecule has 2 rings (SSSR count). The molecule has 1 aliphatic heterocycles. The fraction of sp³-hybridized carbons (Fsp3) is 0.500. The molecule has 5 heteroatoms. The van der Waals surface area contributed by atoms with Crippen molar-refractivity contribution in [2.24, 2.45) is 5.92 Å². The Kier molecular flexibility index (Phi) is 5.31. The van der Waals surface area contributed by atoms with Gasteiger partial charge in [-0.05, 0) is 50.5 Å². The number of likely N-dealkylation sites (tertiary alicyclic amines) is 1. The van der Waals surface area contributed by atoms with Gasteiger partial charge < -0.3 is 9.64 Å². The Balaban J connectivity index is 1.97. The molecule has 1 aromatic rings. The lowest BCUT2D eigenvalue weighted by molar-refractivity contribution is 0.0898. The van der Waals surface area contributed by atoms with E-state index in [0.717, 1.165) is 12.8 Å². The van der Waals surface area contributed by atoms with Crippen LogP contribution in [0.3, 0.4) is 0 Å². The zero-order valence-electron chi connectivity index (χ0n) is 12.2. The van der Waals surface area contributed by atoms with E-state index in [-0.39, 0.29) is 23.6 Å². The maximum Gasteiger partial charge on any atom is 0.409 e. The first-order valence-corrected chi connectivity index (χ1v) is 7.33. The summed E-state index contributed by atoms with van der Waals surface area (Å²) in [4.78, 5) is 25.8. The number of halogens is 1. The van der Waals surface area contributed by atoms with Gasteiger partial charge in [0.1, 0.15) is 5.82 Å². The molecule has 1 aliphatic rings. The summed E-state index contributed by atoms with van der Waals surface area (Å²) in [7, 11) is 0. The van der Waals surface area contributed by atoms with Crippen LogP contribution < -0.4 is 0 Å². The molecule has 0 saturated carbocycles. The number of ether oxygens (including phenoxy) is 1. The highest BCUT2D eigenvalue weighted by Crippen LogP contribution is 2.22. The molecule has 4 nitrogen and oxygen atoms in total. The minimum absolute atomic E-state index is 0.0284. The standard InChI is InChI=1S/C16H20FNO3/c1-2-21-16(20)18-10-3-4-12(9-11-18)15(19)13-5-7-14(17)8-6-13/h5-8,12H,2-4,9-11H2,1H3. The number of ketones is 1. The number of rotatable bonds is 3. The van der Waals surface area contributed by atoms with Gasteiger partial charge in [0.25, 0.3) is 0 Å². The minimum atomic E-state index is -0.346. The second-order valence-electron chi connectivity index (χ2n) is 5.18. The van der Waals surface area contributed by atoms with Crippen LogP contribution in [0.2, 0.25) is 0 Å². The fourth-order valence-corrected chi connectivity index (χ4v) is 2.61. The zero-order valence-corrected chi connectivity index (χ0v) is 12.2. The summed E-state index contributed by atoms with van der Waals surface area (Å²) in [5, 5.41) is 0. The lowest BCUT2D eigenvalue weighted by Crippen LogP contribution is -2.32. The maximum atomic E-state index is 12.9. The van der Waals surface area contributed by atoms with Crippen molar-refractivity contribution in [2.75, 3.05) is 19.7 Å². The Bertz CT molecular complexity index is 501. The van der Waals surface area contributed by atoms with Gasteiger partial charge >= 0.3 is 6.09 Å². The van der Waals surface area contributed by atoms with E-state index in [0.29, 0.717) is 31.7 Å². The smallest absolute Gasteiger partial charge is 0.409 e. The van der Waals surface area contributed by atoms with Crippen molar-refractivity contribution >= 4 is 11.9 Å². The van der Waals surface area contributed by atoms with Gasteiger partial charge in [0.2, 0.25) is 0 Å². The molecular formula is C16H20FNO3. The molecule has 1 fully saturated rings. The number of nitrogens with zero attached hydrogens (tertiary/aromatic N) is 1. The third-order valence-electron chi connectivity index (χ3n) is 3.75. The molecule has 1 saturated heterocycles. The zero-order chi connectivity index (χ0) is 15.2. The lowest BCUT2D eigenvalue weighted by atomic mass is 9.91. The quantitative estimate of drug-likeness (QED) is 0.804. The van der Waals surface area contributed by atoms with E-state index in [2.05, 4.69) is 0 Å². The molecule has 114 valence electrons. The normalized spacial score (nSPS) is 19.0. The highest BCUT2D eigenvalue weighted by molar-refractivity contribution is 5.97. The number of carbonyl (C=O) groups excluding carboxylic acids is 2. The molecule has 0 bridgehead atoms. The molecule has 1 amide bonds. The van der Waals surface area contributed by atoms with Crippen LogP contribution in [-0.2, 0) is 4.74 Å². The molecule has 1 aromatic carbocycles. The average Bonchev–Trinajstić information content (AvgIpc) is 2.73. The summed E-state index contributed by atoms with van der Waals surface area (Å²) in [6, 6.07) is 5.64. The first-order valence-electron chi connectivity index (χ1n) is 7.33. The summed E-state index contributed by atoms with van der Waals surface area (Å²) in [6.45, 7) is 3.27. The molecule has 0 aliphatic carbocycles. The first kappa shape index (κ1) is 15.5. The highest BCUT2D eigenvalue weighted by atomic mass is 19.1. The average molecular weight is 293 g/mol. The molecule has 1 atom stereocenters. The highest BCUT2D eigenvalue weighted by Gasteiger charge is 2.26. The second kappa shape index (κ2) is 7.20. The Hall–Kier alpha value is -1.91. The van der Waals surface area contributed by atoms with Gasteiger partial charge in [-0.1, -0.05) is 0 Å². The van der Waals surface area contributed by atoms with Crippen molar-refractivity contribution < 1.29 is 18.7 Å². The van der Waals surface area contributed by atoms with E-state index >= 15 is 0 Å². The minimum Gasteiger partial charge on any atom is -0.450 e. The van der Waals surface area contributed by atoms with Crippen molar-refractivity contribution in [1.82, 2.24) is 4.90 Å². The van der Waals surface area contributed by atoms with Crippen LogP contribution in [0.4, 0.5) is 9.18 Å². The number of carbonyl (C=O) groups is 2. The number of hydrogen-bond donors (Lipinski definition) is 0. The molecule has 21 heavy (non-hydrogen) atoms. The summed E-state index contributed by atoms with van der Waals surface area (Å²) >= 11 is 0. The number of benzene rings is 1. The van der Waals surface area contributed by atoms with Crippen molar-refractivity contribution in [3.63, 3.8) is 0 Å². The Morgan fingerprint density at radius 3 is 2.62 bits per heavy atom. The van der Waals surface area contributed by atoms with Gasteiger partial charge in [-0.3, -0.25) is 4.79 Å². The van der Waals surface area contributed by atoms with Crippen molar-refractivity contribution in [3.8, 4) is 0 Å². The van der Waals surface area contributed by atoms with Crippen LogP contribution in [0.5, 0.6) is 0 Å². The predicted molar refractivity (Wildman–Crippen MR) is 76.7 cm³/mol. The summed E-state index contributed by atoms with van der Waals surface area (Å²) < 4.78 is 17.9. The summed E-state index contributed by atoms with van der Waals surface area (Å²) in [5.41, 5.74) is 0.533. The fourth-order valence-electron chi connectivity index (χ4n) is 2.61. The molecule has 1 unspecified atom stereocenters. The van der Waals surface area contributed by atoms with Gasteiger partial charge in [-0.25, -0.2) is 9.18 Å². The van der Waals surface area contributed by atoms with E-state index in [9.17, 15) is 14.0 Å². The van der Waals surface area contributed by atoms with Gasteiger partial charge in [-0.2, -0.15) is 0 Å². The third kappa shape index (κ3) is 4.03. The monoisotopic (exact) mass is 293 g/mol. The predicted octanol–water partition coefficient (Wildman–Crippen LogP) is 3.27. The van der Waals surface area contributed by atoms with Crippen molar-refractivity contribution in [1.29, 1.82) is 0 Å². The van der Waals surface area contributed by atoms with Crippen LogP contribution in [-0.4, -0.2) is 36.5 Å². The van der Waals surface area contributed by atoms with E-state index in [4.69, 9.17) is 4.74 Å². The van der Waals surface area contributed by atoms with E-state index < -0.39 is 0 Å². The number of amides is 1. The van der Waals surface area contributed by atoms with Crippen LogP contribution >= 0.6 is 0 Å². The topological polar surface area (TPSA) is 46.6 Å². The Morgan fingerprint density at radius 1 is 1.24 bits per heavy atom. The first-order chi connectivity index (χ1) is 10.1. The Morgan fingerprint density at radius 2 is 1.95 bits per heavy atom. The molecule has 0 N–H and O–H groups in total. The van der Waals surface area contributed by atoms with Gasteiger partial charge in [-0.15, -0.1) is 0 Å². The molecule has 1 heterocycles. The Labute approximate surface area is 123 Å². The lowest BCUT2D eigenvalue weighted by Gasteiger charge is -2.19. The van der Waals surface area contributed by atoms with Crippen molar-refractivity contribution in [2.45, 2.75) is 26.2 Å². The van der Waals surface area contributed by atoms with Gasteiger partial charge in [0.15, 0.2) is 5.78 Å². The van der Waals surface area contributed by atoms with E-state index in [1.165, 1.54) is 24.3 Å². The number of hydrogen-bond acceptors (Lipinski definition) is 3. The van der Waals surface area contributed by atoms with Crippen LogP contribution in [0, 0.1) is 11.7 Å². The van der Waals surface area contributed by atoms with Crippen LogP contribution in [0.1, 0.15) is 36.5 Å². The van der Waals surface area contributed by atoms with Gasteiger partial charge in [0, 0.05) is 24.6 Å². The molecular weight excluding hydrogens is 273 g/mol. The van der Waals surface area contributed by atoms with E-state index in [1.807, 2.05) is 0 Å². The van der Waals surface area contributed by atoms with E-state index in [1.54, 1.807) is 11.8 Å². The van der Waals surface area contributed by atoms with Crippen LogP contribution in [0.25, 0.3) is 0 Å². The summed E-state index contributed by atoms with van der Waals surface area (Å²) in [5.74, 6) is -0.434. The van der Waals surface area contributed by atoms with Crippen LogP contribution in [0.15, 0.2) is 24.3 Å². The second-order valence-corrected chi connectivity index (χ2v) is 5.18. The molecule has 0 radical (unpaired) electrons. The molecule has 0 aromatic heterocycles. The molecule has 0 spiro atoms. The van der Waals surface area contributed by atoms with Crippen molar-refractivity contribution in [3.05, 3.63) is 35.6 Å². The third-order valence-corrected chi connectivity index (χ3v) is 3.75. The number of Topliss-reactive ketones (excluding diaryl/α,β-unsaturated/α-hetero) is 1. The summed E-state index contributed by atoms with van der Waals surface area (Å²) in [6.07, 6.45) is 1.82. The SMILES string of the molecule is CCOC(=O)N1CCCC(C(=O)c2ccc(F)cc2)CC1. The van der Waals surface area contributed by atoms with Gasteiger partial charge in [0.05, 0.1) is 6.61 Å². The maximum absolute atomic E-state index is 12.9.